The van der Waals surface area contributed by atoms with Gasteiger partial charge in [0.1, 0.15) is 0 Å². The largest absolute Gasteiger partial charge is 0.756 e. The van der Waals surface area contributed by atoms with E-state index in [2.05, 4.69) is 9.05 Å². The molecule has 0 heterocycles. The lowest BCUT2D eigenvalue weighted by Gasteiger charge is -2.21. The summed E-state index contributed by atoms with van der Waals surface area (Å²) in [5, 5.41) is 0. The predicted molar refractivity (Wildman–Crippen MR) is 35.5 cm³/mol. The minimum absolute atomic E-state index is 0.129. The molecule has 0 aromatic heterocycles. The van der Waals surface area contributed by atoms with E-state index < -0.39 is 7.82 Å². The predicted octanol–water partition coefficient (Wildman–Crippen LogP) is 0.918. The third kappa shape index (κ3) is 4.94. The van der Waals surface area contributed by atoms with Crippen molar-refractivity contribution in [2.75, 3.05) is 13.2 Å². The van der Waals surface area contributed by atoms with E-state index in [1.54, 1.807) is 6.92 Å². The second-order valence-corrected chi connectivity index (χ2v) is 3.11. The van der Waals surface area contributed by atoms with Crippen molar-refractivity contribution in [1.29, 1.82) is 0 Å². The van der Waals surface area contributed by atoms with Crippen LogP contribution >= 0.6 is 7.82 Å². The van der Waals surface area contributed by atoms with Crippen LogP contribution in [0.2, 0.25) is 0 Å². The van der Waals surface area contributed by atoms with E-state index >= 15 is 0 Å². The highest BCUT2D eigenvalue weighted by Gasteiger charge is 2.05. The molecule has 0 aromatic carbocycles. The number of hydrogen-bond donors (Lipinski definition) is 0. The number of hydrogen-bond acceptors (Lipinski definition) is 4. The first-order valence-corrected chi connectivity index (χ1v) is 4.68. The maximum absolute atomic E-state index is 10.6. The molecule has 0 fully saturated rings. The SMILES string of the molecule is CCCOP(=O)([O-])OCC. The summed E-state index contributed by atoms with van der Waals surface area (Å²) in [5.74, 6) is 0. The van der Waals surface area contributed by atoms with Gasteiger partial charge in [-0.1, -0.05) is 6.92 Å². The Labute approximate surface area is 60.8 Å². The van der Waals surface area contributed by atoms with Gasteiger partial charge in [0.25, 0.3) is 7.82 Å². The summed E-state index contributed by atoms with van der Waals surface area (Å²) in [6, 6.07) is 0. The Morgan fingerprint density at radius 3 is 2.40 bits per heavy atom. The van der Waals surface area contributed by atoms with Crippen LogP contribution in [0.25, 0.3) is 0 Å². The van der Waals surface area contributed by atoms with Gasteiger partial charge >= 0.3 is 0 Å². The second kappa shape index (κ2) is 4.85. The quantitative estimate of drug-likeness (QED) is 0.571. The average Bonchev–Trinajstić information content (AvgIpc) is 1.84. The van der Waals surface area contributed by atoms with Gasteiger partial charge in [0, 0.05) is 0 Å². The summed E-state index contributed by atoms with van der Waals surface area (Å²) in [4.78, 5) is 10.6. The zero-order chi connectivity index (χ0) is 8.04. The molecule has 62 valence electrons. The highest BCUT2D eigenvalue weighted by atomic mass is 31.2. The molecule has 0 aromatic rings. The molecule has 0 aliphatic carbocycles. The minimum atomic E-state index is -3.96. The molecular weight excluding hydrogens is 155 g/mol. The Morgan fingerprint density at radius 1 is 1.40 bits per heavy atom. The molecular formula is C5H12O4P-. The van der Waals surface area contributed by atoms with E-state index in [-0.39, 0.29) is 13.2 Å². The van der Waals surface area contributed by atoms with Crippen molar-refractivity contribution in [1.82, 2.24) is 0 Å². The molecule has 0 saturated carbocycles. The summed E-state index contributed by atoms with van der Waals surface area (Å²) < 4.78 is 19.3. The molecule has 0 aliphatic rings. The van der Waals surface area contributed by atoms with E-state index in [9.17, 15) is 9.46 Å². The highest BCUT2D eigenvalue weighted by Crippen LogP contribution is 2.37. The van der Waals surface area contributed by atoms with Crippen molar-refractivity contribution in [3.63, 3.8) is 0 Å². The first kappa shape index (κ1) is 10.1. The van der Waals surface area contributed by atoms with Gasteiger partial charge in [-0.05, 0) is 13.3 Å². The van der Waals surface area contributed by atoms with Crippen LogP contribution in [-0.4, -0.2) is 13.2 Å². The van der Waals surface area contributed by atoms with Crippen LogP contribution in [0.5, 0.6) is 0 Å². The van der Waals surface area contributed by atoms with Gasteiger partial charge in [0.2, 0.25) is 0 Å². The van der Waals surface area contributed by atoms with Crippen LogP contribution in [0, 0.1) is 0 Å². The van der Waals surface area contributed by atoms with E-state index in [4.69, 9.17) is 0 Å². The van der Waals surface area contributed by atoms with Gasteiger partial charge < -0.3 is 13.9 Å². The number of phosphoric ester groups is 1. The molecule has 0 spiro atoms. The van der Waals surface area contributed by atoms with Crippen LogP contribution in [-0.2, 0) is 13.6 Å². The summed E-state index contributed by atoms with van der Waals surface area (Å²) in [5.41, 5.74) is 0. The van der Waals surface area contributed by atoms with E-state index in [1.807, 2.05) is 6.92 Å². The third-order valence-electron chi connectivity index (χ3n) is 0.741. The van der Waals surface area contributed by atoms with Crippen molar-refractivity contribution in [3.05, 3.63) is 0 Å². The van der Waals surface area contributed by atoms with Crippen molar-refractivity contribution in [2.24, 2.45) is 0 Å². The minimum Gasteiger partial charge on any atom is -0.756 e. The van der Waals surface area contributed by atoms with Gasteiger partial charge in [-0.15, -0.1) is 0 Å². The number of rotatable bonds is 5. The zero-order valence-corrected chi connectivity index (χ0v) is 7.10. The molecule has 0 amide bonds. The maximum atomic E-state index is 10.6. The molecule has 0 bridgehead atoms. The molecule has 4 nitrogen and oxygen atoms in total. The molecule has 0 radical (unpaired) electrons. The molecule has 0 rings (SSSR count). The molecule has 0 saturated heterocycles. The van der Waals surface area contributed by atoms with E-state index in [0.717, 1.165) is 0 Å². The van der Waals surface area contributed by atoms with Gasteiger partial charge in [0.05, 0.1) is 13.2 Å². The molecule has 1 unspecified atom stereocenters. The molecule has 0 aliphatic heterocycles. The second-order valence-electron chi connectivity index (χ2n) is 1.70. The Balaban J connectivity index is 3.53. The third-order valence-corrected chi connectivity index (χ3v) is 1.81. The maximum Gasteiger partial charge on any atom is 0.267 e. The first-order valence-electron chi connectivity index (χ1n) is 3.22. The summed E-state index contributed by atoms with van der Waals surface area (Å²) >= 11 is 0. The van der Waals surface area contributed by atoms with Crippen LogP contribution in [0.15, 0.2) is 0 Å². The Kier molecular flexibility index (Phi) is 4.91. The van der Waals surface area contributed by atoms with Gasteiger partial charge in [-0.2, -0.15) is 0 Å². The topological polar surface area (TPSA) is 58.6 Å². The Bertz CT molecular complexity index is 125. The van der Waals surface area contributed by atoms with Crippen molar-refractivity contribution in [2.45, 2.75) is 20.3 Å². The number of phosphoric acid groups is 1. The highest BCUT2D eigenvalue weighted by molar-refractivity contribution is 7.45. The van der Waals surface area contributed by atoms with Crippen LogP contribution in [0.4, 0.5) is 0 Å². The van der Waals surface area contributed by atoms with Crippen LogP contribution in [0.3, 0.4) is 0 Å². The Morgan fingerprint density at radius 2 is 2.00 bits per heavy atom. The zero-order valence-electron chi connectivity index (χ0n) is 6.20. The van der Waals surface area contributed by atoms with Gasteiger partial charge in [0.15, 0.2) is 0 Å². The van der Waals surface area contributed by atoms with Crippen molar-refractivity contribution in [3.8, 4) is 0 Å². The van der Waals surface area contributed by atoms with Crippen molar-refractivity contribution < 1.29 is 18.5 Å². The first-order chi connectivity index (χ1) is 4.62. The summed E-state index contributed by atoms with van der Waals surface area (Å²) in [7, 11) is -3.96. The fourth-order valence-electron chi connectivity index (χ4n) is 0.398. The fraction of sp³-hybridized carbons (Fsp3) is 1.00. The lowest BCUT2D eigenvalue weighted by molar-refractivity contribution is -0.225. The van der Waals surface area contributed by atoms with Crippen molar-refractivity contribution >= 4 is 7.82 Å². The van der Waals surface area contributed by atoms with Crippen LogP contribution in [0.1, 0.15) is 20.3 Å². The monoisotopic (exact) mass is 167 g/mol. The average molecular weight is 167 g/mol. The molecule has 10 heavy (non-hydrogen) atoms. The molecule has 0 N–H and O–H groups in total. The normalized spacial score (nSPS) is 16.7. The van der Waals surface area contributed by atoms with Gasteiger partial charge in [-0.3, -0.25) is 4.57 Å². The van der Waals surface area contributed by atoms with Crippen LogP contribution < -0.4 is 4.89 Å². The molecule has 5 heteroatoms. The fourth-order valence-corrected chi connectivity index (χ4v) is 1.20. The van der Waals surface area contributed by atoms with E-state index in [1.165, 1.54) is 0 Å². The summed E-state index contributed by atoms with van der Waals surface area (Å²) in [6.45, 7) is 3.75. The smallest absolute Gasteiger partial charge is 0.267 e. The lowest BCUT2D eigenvalue weighted by Crippen LogP contribution is -2.08. The Hall–Kier alpha value is 0.110. The van der Waals surface area contributed by atoms with Gasteiger partial charge in [-0.25, -0.2) is 0 Å². The summed E-state index contributed by atoms with van der Waals surface area (Å²) in [6.07, 6.45) is 0.666. The van der Waals surface area contributed by atoms with E-state index in [0.29, 0.717) is 6.42 Å². The standard InChI is InChI=1S/C5H13O4P/c1-3-5-9-10(6,7)8-4-2/h3-5H2,1-2H3,(H,6,7)/p-1. The molecule has 1 atom stereocenters. The lowest BCUT2D eigenvalue weighted by atomic mass is 10.5.